The summed E-state index contributed by atoms with van der Waals surface area (Å²) >= 11 is 0. The number of sulfone groups is 1. The van der Waals surface area contributed by atoms with Crippen molar-refractivity contribution in [3.05, 3.63) is 24.3 Å². The SMILES string of the molecule is CN(C)c1ccc(NCC(=O)NC2CCS(=O)(=O)C2)cc1. The molecule has 1 unspecified atom stereocenters. The Hall–Kier alpha value is -1.76. The van der Waals surface area contributed by atoms with Gasteiger partial charge in [-0.05, 0) is 30.7 Å². The van der Waals surface area contributed by atoms with Crippen molar-refractivity contribution in [2.24, 2.45) is 0 Å². The van der Waals surface area contributed by atoms with E-state index in [0.717, 1.165) is 11.4 Å². The van der Waals surface area contributed by atoms with Gasteiger partial charge in [0.25, 0.3) is 0 Å². The van der Waals surface area contributed by atoms with Gasteiger partial charge in [0.2, 0.25) is 5.91 Å². The number of nitrogens with zero attached hydrogens (tertiary/aromatic N) is 1. The van der Waals surface area contributed by atoms with Gasteiger partial charge in [-0.3, -0.25) is 4.79 Å². The van der Waals surface area contributed by atoms with Crippen molar-refractivity contribution in [2.75, 3.05) is 42.4 Å². The van der Waals surface area contributed by atoms with Crippen LogP contribution in [0.5, 0.6) is 0 Å². The van der Waals surface area contributed by atoms with Crippen LogP contribution in [0.1, 0.15) is 6.42 Å². The van der Waals surface area contributed by atoms with E-state index in [1.54, 1.807) is 0 Å². The lowest BCUT2D eigenvalue weighted by Gasteiger charge is -2.14. The second-order valence-corrected chi connectivity index (χ2v) is 7.69. The fourth-order valence-corrected chi connectivity index (χ4v) is 3.92. The van der Waals surface area contributed by atoms with Gasteiger partial charge in [0.05, 0.1) is 18.1 Å². The molecule has 1 aromatic rings. The van der Waals surface area contributed by atoms with E-state index in [1.165, 1.54) is 0 Å². The molecule has 1 aromatic carbocycles. The molecule has 0 aromatic heterocycles. The van der Waals surface area contributed by atoms with Gasteiger partial charge in [0.15, 0.2) is 9.84 Å². The topological polar surface area (TPSA) is 78.5 Å². The number of carbonyl (C=O) groups is 1. The van der Waals surface area contributed by atoms with Gasteiger partial charge in [0.1, 0.15) is 0 Å². The Morgan fingerprint density at radius 1 is 1.29 bits per heavy atom. The molecule has 116 valence electrons. The fourth-order valence-electron chi connectivity index (χ4n) is 2.25. The van der Waals surface area contributed by atoms with Crippen LogP contribution in [0.15, 0.2) is 24.3 Å². The Morgan fingerprint density at radius 2 is 1.95 bits per heavy atom. The third-order valence-electron chi connectivity index (χ3n) is 3.43. The highest BCUT2D eigenvalue weighted by molar-refractivity contribution is 7.91. The number of nitrogens with one attached hydrogen (secondary N) is 2. The molecule has 1 heterocycles. The zero-order valence-electron chi connectivity index (χ0n) is 12.3. The largest absolute Gasteiger partial charge is 0.378 e. The van der Waals surface area contributed by atoms with Crippen molar-refractivity contribution in [3.8, 4) is 0 Å². The van der Waals surface area contributed by atoms with Crippen molar-refractivity contribution >= 4 is 27.1 Å². The lowest BCUT2D eigenvalue weighted by atomic mass is 10.2. The predicted molar refractivity (Wildman–Crippen MR) is 84.5 cm³/mol. The molecule has 1 amide bonds. The van der Waals surface area contributed by atoms with E-state index >= 15 is 0 Å². The normalized spacial score (nSPS) is 20.0. The maximum absolute atomic E-state index is 11.8. The van der Waals surface area contributed by atoms with Crippen LogP contribution in [-0.2, 0) is 14.6 Å². The Labute approximate surface area is 125 Å². The average molecular weight is 311 g/mol. The number of anilines is 2. The zero-order chi connectivity index (χ0) is 15.5. The van der Waals surface area contributed by atoms with E-state index in [0.29, 0.717) is 6.42 Å². The third-order valence-corrected chi connectivity index (χ3v) is 5.20. The number of amides is 1. The molecule has 1 atom stereocenters. The first-order valence-electron chi connectivity index (χ1n) is 6.87. The summed E-state index contributed by atoms with van der Waals surface area (Å²) in [6.07, 6.45) is 0.506. The fraction of sp³-hybridized carbons (Fsp3) is 0.500. The summed E-state index contributed by atoms with van der Waals surface area (Å²) in [6.45, 7) is 0.137. The number of rotatable bonds is 5. The van der Waals surface area contributed by atoms with Crippen LogP contribution in [0, 0.1) is 0 Å². The molecule has 0 spiro atoms. The highest BCUT2D eigenvalue weighted by Gasteiger charge is 2.28. The molecular weight excluding hydrogens is 290 g/mol. The van der Waals surface area contributed by atoms with Crippen molar-refractivity contribution < 1.29 is 13.2 Å². The van der Waals surface area contributed by atoms with Gasteiger partial charge in [-0.15, -0.1) is 0 Å². The molecular formula is C14H21N3O3S. The summed E-state index contributed by atoms with van der Waals surface area (Å²) in [5.74, 6) is 0.0296. The van der Waals surface area contributed by atoms with Gasteiger partial charge < -0.3 is 15.5 Å². The molecule has 0 saturated carbocycles. The molecule has 0 radical (unpaired) electrons. The second kappa shape index (κ2) is 6.34. The van der Waals surface area contributed by atoms with E-state index in [1.807, 2.05) is 43.3 Å². The minimum absolute atomic E-state index is 0.0519. The smallest absolute Gasteiger partial charge is 0.239 e. The molecule has 1 aliphatic rings. The molecule has 1 fully saturated rings. The maximum Gasteiger partial charge on any atom is 0.239 e. The van der Waals surface area contributed by atoms with Crippen LogP contribution in [0.2, 0.25) is 0 Å². The summed E-state index contributed by atoms with van der Waals surface area (Å²) in [7, 11) is 0.967. The molecule has 6 nitrogen and oxygen atoms in total. The summed E-state index contributed by atoms with van der Waals surface area (Å²) in [5, 5.41) is 5.77. The van der Waals surface area contributed by atoms with Crippen LogP contribution in [-0.4, -0.2) is 52.5 Å². The first kappa shape index (κ1) is 15.6. The van der Waals surface area contributed by atoms with E-state index in [-0.39, 0.29) is 30.0 Å². The molecule has 21 heavy (non-hydrogen) atoms. The van der Waals surface area contributed by atoms with E-state index in [2.05, 4.69) is 10.6 Å². The summed E-state index contributed by atoms with van der Waals surface area (Å²) in [4.78, 5) is 13.8. The van der Waals surface area contributed by atoms with Crippen molar-refractivity contribution in [1.82, 2.24) is 5.32 Å². The predicted octanol–water partition coefficient (Wildman–Crippen LogP) is 0.468. The first-order valence-corrected chi connectivity index (χ1v) is 8.69. The van der Waals surface area contributed by atoms with Crippen molar-refractivity contribution in [3.63, 3.8) is 0 Å². The monoisotopic (exact) mass is 311 g/mol. The molecule has 1 aliphatic heterocycles. The average Bonchev–Trinajstić information content (AvgIpc) is 2.76. The molecule has 7 heteroatoms. The molecule has 0 bridgehead atoms. The lowest BCUT2D eigenvalue weighted by molar-refractivity contribution is -0.119. The summed E-state index contributed by atoms with van der Waals surface area (Å²) in [6, 6.07) is 7.49. The van der Waals surface area contributed by atoms with Crippen molar-refractivity contribution in [2.45, 2.75) is 12.5 Å². The maximum atomic E-state index is 11.8. The van der Waals surface area contributed by atoms with Crippen LogP contribution >= 0.6 is 0 Å². The Balaban J connectivity index is 1.79. The van der Waals surface area contributed by atoms with Gasteiger partial charge >= 0.3 is 0 Å². The zero-order valence-corrected chi connectivity index (χ0v) is 13.1. The highest BCUT2D eigenvalue weighted by Crippen LogP contribution is 2.15. The summed E-state index contributed by atoms with van der Waals surface area (Å²) < 4.78 is 22.6. The minimum atomic E-state index is -2.96. The number of carbonyl (C=O) groups excluding carboxylic acids is 1. The standard InChI is InChI=1S/C14H21N3O3S/c1-17(2)13-5-3-11(4-6-13)15-9-14(18)16-12-7-8-21(19,20)10-12/h3-6,12,15H,7-10H2,1-2H3,(H,16,18). The molecule has 1 saturated heterocycles. The lowest BCUT2D eigenvalue weighted by Crippen LogP contribution is -2.39. The number of hydrogen-bond acceptors (Lipinski definition) is 5. The first-order chi connectivity index (χ1) is 9.85. The van der Waals surface area contributed by atoms with Gasteiger partial charge in [-0.2, -0.15) is 0 Å². The van der Waals surface area contributed by atoms with Gasteiger partial charge in [0, 0.05) is 31.5 Å². The Morgan fingerprint density at radius 3 is 2.48 bits per heavy atom. The van der Waals surface area contributed by atoms with E-state index < -0.39 is 9.84 Å². The minimum Gasteiger partial charge on any atom is -0.378 e. The summed E-state index contributed by atoms with van der Waals surface area (Å²) in [5.41, 5.74) is 1.94. The van der Waals surface area contributed by atoms with Gasteiger partial charge in [-0.25, -0.2) is 8.42 Å². The quantitative estimate of drug-likeness (QED) is 0.826. The highest BCUT2D eigenvalue weighted by atomic mass is 32.2. The molecule has 2 rings (SSSR count). The van der Waals surface area contributed by atoms with E-state index in [4.69, 9.17) is 0 Å². The van der Waals surface area contributed by atoms with Gasteiger partial charge in [-0.1, -0.05) is 0 Å². The van der Waals surface area contributed by atoms with Crippen LogP contribution in [0.4, 0.5) is 11.4 Å². The second-order valence-electron chi connectivity index (χ2n) is 5.46. The number of hydrogen-bond donors (Lipinski definition) is 2. The van der Waals surface area contributed by atoms with Crippen LogP contribution in [0.25, 0.3) is 0 Å². The molecule has 0 aliphatic carbocycles. The molecule has 2 N–H and O–H groups in total. The Kier molecular flexibility index (Phi) is 4.72. The third kappa shape index (κ3) is 4.63. The Bertz CT molecular complexity index is 596. The van der Waals surface area contributed by atoms with Crippen LogP contribution in [0.3, 0.4) is 0 Å². The van der Waals surface area contributed by atoms with Crippen LogP contribution < -0.4 is 15.5 Å². The van der Waals surface area contributed by atoms with Crippen molar-refractivity contribution in [1.29, 1.82) is 0 Å². The van der Waals surface area contributed by atoms with E-state index in [9.17, 15) is 13.2 Å². The number of benzene rings is 1.